The third-order valence-electron chi connectivity index (χ3n) is 3.15. The first-order valence-electron chi connectivity index (χ1n) is 6.46. The van der Waals surface area contributed by atoms with Crippen molar-refractivity contribution in [3.8, 4) is 0 Å². The maximum atomic E-state index is 12.2. The van der Waals surface area contributed by atoms with Crippen molar-refractivity contribution >= 4 is 41.1 Å². The van der Waals surface area contributed by atoms with Crippen LogP contribution >= 0.6 is 23.4 Å². The monoisotopic (exact) mass is 330 g/mol. The number of hydrogen-bond acceptors (Lipinski definition) is 3. The molecular formula is C14H19ClN2O3S. The number of carbonyl (C=O) groups is 2. The molecule has 7 heteroatoms. The lowest BCUT2D eigenvalue weighted by molar-refractivity contribution is 0.0697. The van der Waals surface area contributed by atoms with Crippen LogP contribution in [0.5, 0.6) is 0 Å². The topological polar surface area (TPSA) is 69.6 Å². The molecule has 0 aromatic heterocycles. The molecule has 21 heavy (non-hydrogen) atoms. The zero-order valence-corrected chi connectivity index (χ0v) is 13.8. The molecule has 116 valence electrons. The van der Waals surface area contributed by atoms with Crippen LogP contribution in [0.15, 0.2) is 18.2 Å². The Morgan fingerprint density at radius 2 is 2.14 bits per heavy atom. The van der Waals surface area contributed by atoms with Crippen LogP contribution in [0.1, 0.15) is 23.7 Å². The molecular weight excluding hydrogens is 312 g/mol. The summed E-state index contributed by atoms with van der Waals surface area (Å²) in [4.78, 5) is 24.8. The summed E-state index contributed by atoms with van der Waals surface area (Å²) >= 11 is 7.66. The van der Waals surface area contributed by atoms with Gasteiger partial charge in [-0.1, -0.05) is 18.5 Å². The average molecular weight is 331 g/mol. The Labute approximate surface area is 133 Å². The predicted molar refractivity (Wildman–Crippen MR) is 87.7 cm³/mol. The summed E-state index contributed by atoms with van der Waals surface area (Å²) in [7, 11) is 1.72. The van der Waals surface area contributed by atoms with Crippen LogP contribution in [0.4, 0.5) is 10.5 Å². The Bertz CT molecular complexity index is 525. The van der Waals surface area contributed by atoms with Gasteiger partial charge in [0.1, 0.15) is 0 Å². The van der Waals surface area contributed by atoms with E-state index in [-0.39, 0.29) is 17.6 Å². The van der Waals surface area contributed by atoms with E-state index in [1.165, 1.54) is 18.2 Å². The second-order valence-corrected chi connectivity index (χ2v) is 5.88. The molecule has 2 N–H and O–H groups in total. The van der Waals surface area contributed by atoms with Crippen LogP contribution in [0.3, 0.4) is 0 Å². The molecule has 0 bridgehead atoms. The van der Waals surface area contributed by atoms with Gasteiger partial charge in [0.15, 0.2) is 0 Å². The zero-order chi connectivity index (χ0) is 16.0. The average Bonchev–Trinajstić information content (AvgIpc) is 2.45. The highest BCUT2D eigenvalue weighted by Gasteiger charge is 2.19. The summed E-state index contributed by atoms with van der Waals surface area (Å²) in [5.74, 6) is -0.229. The van der Waals surface area contributed by atoms with Gasteiger partial charge in [-0.05, 0) is 30.9 Å². The first-order valence-corrected chi connectivity index (χ1v) is 8.23. The number of anilines is 1. The molecule has 1 aromatic rings. The van der Waals surface area contributed by atoms with Crippen molar-refractivity contribution in [2.75, 3.05) is 24.4 Å². The molecule has 2 amide bonds. The van der Waals surface area contributed by atoms with Crippen molar-refractivity contribution in [1.29, 1.82) is 0 Å². The molecule has 0 saturated heterocycles. The van der Waals surface area contributed by atoms with Crippen LogP contribution in [0, 0.1) is 0 Å². The van der Waals surface area contributed by atoms with Crippen LogP contribution in [0.25, 0.3) is 0 Å². The smallest absolute Gasteiger partial charge is 0.335 e. The fraction of sp³-hybridized carbons (Fsp3) is 0.429. The SMILES string of the molecule is CCC(CSC)N(C)C(=O)Nc1cc(C(=O)O)ccc1Cl. The molecule has 5 nitrogen and oxygen atoms in total. The molecule has 0 aliphatic heterocycles. The summed E-state index contributed by atoms with van der Waals surface area (Å²) in [6.45, 7) is 2.02. The highest BCUT2D eigenvalue weighted by molar-refractivity contribution is 7.98. The fourth-order valence-electron chi connectivity index (χ4n) is 1.82. The van der Waals surface area contributed by atoms with Crippen molar-refractivity contribution in [3.63, 3.8) is 0 Å². The van der Waals surface area contributed by atoms with E-state index in [1.807, 2.05) is 13.2 Å². The Balaban J connectivity index is 2.87. The standard InChI is InChI=1S/C14H19ClN2O3S/c1-4-10(8-21-3)17(2)14(20)16-12-7-9(13(18)19)5-6-11(12)15/h5-7,10H,4,8H2,1-3H3,(H,16,20)(H,18,19). The quantitative estimate of drug-likeness (QED) is 0.835. The molecule has 0 heterocycles. The van der Waals surface area contributed by atoms with Crippen molar-refractivity contribution in [2.24, 2.45) is 0 Å². The number of nitrogens with one attached hydrogen (secondary N) is 1. The van der Waals surface area contributed by atoms with E-state index in [0.29, 0.717) is 10.7 Å². The van der Waals surface area contributed by atoms with Crippen LogP contribution in [0.2, 0.25) is 5.02 Å². The molecule has 0 aliphatic rings. The normalized spacial score (nSPS) is 11.8. The van der Waals surface area contributed by atoms with Gasteiger partial charge in [-0.25, -0.2) is 9.59 Å². The van der Waals surface area contributed by atoms with Gasteiger partial charge < -0.3 is 15.3 Å². The number of halogens is 1. The molecule has 1 rings (SSSR count). The number of nitrogens with zero attached hydrogens (tertiary/aromatic N) is 1. The highest BCUT2D eigenvalue weighted by Crippen LogP contribution is 2.24. The van der Waals surface area contributed by atoms with E-state index in [2.05, 4.69) is 5.32 Å². The number of benzene rings is 1. The van der Waals surface area contributed by atoms with Crippen molar-refractivity contribution in [1.82, 2.24) is 4.90 Å². The lowest BCUT2D eigenvalue weighted by Crippen LogP contribution is -2.41. The van der Waals surface area contributed by atoms with Crippen LogP contribution in [-0.2, 0) is 0 Å². The number of thioether (sulfide) groups is 1. The minimum atomic E-state index is -1.07. The number of aromatic carboxylic acids is 1. The second-order valence-electron chi connectivity index (χ2n) is 4.56. The maximum Gasteiger partial charge on any atom is 0.335 e. The third kappa shape index (κ3) is 4.82. The van der Waals surface area contributed by atoms with E-state index in [9.17, 15) is 9.59 Å². The van der Waals surface area contributed by atoms with Crippen LogP contribution in [-0.4, -0.2) is 47.1 Å². The summed E-state index contributed by atoms with van der Waals surface area (Å²) in [5, 5.41) is 11.9. The number of carboxylic acids is 1. The van der Waals surface area contributed by atoms with E-state index in [1.54, 1.807) is 23.7 Å². The molecule has 0 saturated carbocycles. The van der Waals surface area contributed by atoms with Crippen molar-refractivity contribution in [3.05, 3.63) is 28.8 Å². The van der Waals surface area contributed by atoms with Gasteiger partial charge in [-0.15, -0.1) is 0 Å². The Morgan fingerprint density at radius 3 is 2.67 bits per heavy atom. The Hall–Kier alpha value is -1.40. The van der Waals surface area contributed by atoms with Gasteiger partial charge in [0, 0.05) is 18.8 Å². The van der Waals surface area contributed by atoms with Crippen molar-refractivity contribution in [2.45, 2.75) is 19.4 Å². The first kappa shape index (κ1) is 17.7. The summed E-state index contributed by atoms with van der Waals surface area (Å²) < 4.78 is 0. The molecule has 0 aliphatic carbocycles. The van der Waals surface area contributed by atoms with Gasteiger partial charge in [-0.2, -0.15) is 11.8 Å². The maximum absolute atomic E-state index is 12.2. The molecule has 0 radical (unpaired) electrons. The van der Waals surface area contributed by atoms with Crippen molar-refractivity contribution < 1.29 is 14.7 Å². The van der Waals surface area contributed by atoms with E-state index < -0.39 is 5.97 Å². The van der Waals surface area contributed by atoms with Gasteiger partial charge >= 0.3 is 12.0 Å². The number of amides is 2. The van der Waals surface area contributed by atoms with Gasteiger partial charge in [0.2, 0.25) is 0 Å². The first-order chi connectivity index (χ1) is 9.90. The number of carbonyl (C=O) groups excluding carboxylic acids is 1. The summed E-state index contributed by atoms with van der Waals surface area (Å²) in [6.07, 6.45) is 2.83. The minimum absolute atomic E-state index is 0.0773. The molecule has 0 fully saturated rings. The van der Waals surface area contributed by atoms with E-state index in [4.69, 9.17) is 16.7 Å². The molecule has 1 unspecified atom stereocenters. The summed E-state index contributed by atoms with van der Waals surface area (Å²) in [5.41, 5.74) is 0.376. The second kappa shape index (κ2) is 8.14. The number of hydrogen-bond donors (Lipinski definition) is 2. The van der Waals surface area contributed by atoms with E-state index >= 15 is 0 Å². The van der Waals surface area contributed by atoms with Crippen LogP contribution < -0.4 is 5.32 Å². The Kier molecular flexibility index (Phi) is 6.84. The molecule has 0 spiro atoms. The molecule has 1 aromatic carbocycles. The third-order valence-corrected chi connectivity index (χ3v) is 4.20. The minimum Gasteiger partial charge on any atom is -0.478 e. The van der Waals surface area contributed by atoms with Gasteiger partial charge in [-0.3, -0.25) is 0 Å². The molecule has 1 atom stereocenters. The highest BCUT2D eigenvalue weighted by atomic mass is 35.5. The van der Waals surface area contributed by atoms with E-state index in [0.717, 1.165) is 12.2 Å². The number of urea groups is 1. The lowest BCUT2D eigenvalue weighted by atomic mass is 10.2. The number of rotatable bonds is 6. The summed E-state index contributed by atoms with van der Waals surface area (Å²) in [6, 6.07) is 4.01. The van der Waals surface area contributed by atoms with Gasteiger partial charge in [0.05, 0.1) is 16.3 Å². The zero-order valence-electron chi connectivity index (χ0n) is 12.2. The number of carboxylic acid groups (broad SMARTS) is 1. The Morgan fingerprint density at radius 1 is 1.48 bits per heavy atom. The predicted octanol–water partition coefficient (Wildman–Crippen LogP) is 3.64. The van der Waals surface area contributed by atoms with Gasteiger partial charge in [0.25, 0.3) is 0 Å². The lowest BCUT2D eigenvalue weighted by Gasteiger charge is -2.27. The largest absolute Gasteiger partial charge is 0.478 e. The fourth-order valence-corrected chi connectivity index (χ4v) is 2.83.